The molecule has 3 aromatic rings. The molecular weight excluding hydrogens is 466 g/mol. The molecule has 0 saturated heterocycles. The largest absolute Gasteiger partial charge is 0.345 e. The van der Waals surface area contributed by atoms with Gasteiger partial charge in [-0.3, -0.25) is 9.59 Å². The highest BCUT2D eigenvalue weighted by molar-refractivity contribution is 7.09. The number of nitrogens with zero attached hydrogens (tertiary/aromatic N) is 2. The van der Waals surface area contributed by atoms with Crippen LogP contribution in [0, 0.1) is 5.92 Å². The van der Waals surface area contributed by atoms with Crippen LogP contribution >= 0.6 is 11.3 Å². The molecule has 0 fully saturated rings. The summed E-state index contributed by atoms with van der Waals surface area (Å²) < 4.78 is 0. The lowest BCUT2D eigenvalue weighted by Gasteiger charge is -2.27. The molecule has 1 aromatic heterocycles. The molecular formula is C30H37N3O2S. The first-order valence-electron chi connectivity index (χ1n) is 12.4. The number of amides is 2. The van der Waals surface area contributed by atoms with Gasteiger partial charge in [0.2, 0.25) is 11.8 Å². The summed E-state index contributed by atoms with van der Waals surface area (Å²) in [5.74, 6) is -0.399. The fourth-order valence-electron chi connectivity index (χ4n) is 4.06. The number of hydrogen-bond donors (Lipinski definition) is 1. The van der Waals surface area contributed by atoms with E-state index < -0.39 is 0 Å². The molecule has 0 aliphatic rings. The van der Waals surface area contributed by atoms with Gasteiger partial charge in [-0.25, -0.2) is 0 Å². The van der Waals surface area contributed by atoms with Gasteiger partial charge in [-0.15, -0.1) is 11.3 Å². The van der Waals surface area contributed by atoms with Crippen molar-refractivity contribution in [1.82, 2.24) is 9.80 Å². The van der Waals surface area contributed by atoms with E-state index >= 15 is 0 Å². The monoisotopic (exact) mass is 503 g/mol. The first-order valence-corrected chi connectivity index (χ1v) is 13.3. The summed E-state index contributed by atoms with van der Waals surface area (Å²) in [6.45, 7) is 2.90. The van der Waals surface area contributed by atoms with Crippen LogP contribution in [0.15, 0.2) is 84.3 Å². The predicted molar refractivity (Wildman–Crippen MR) is 150 cm³/mol. The predicted octanol–water partition coefficient (Wildman–Crippen LogP) is 5.03. The van der Waals surface area contributed by atoms with E-state index in [0.717, 1.165) is 23.1 Å². The molecule has 36 heavy (non-hydrogen) atoms. The van der Waals surface area contributed by atoms with Gasteiger partial charge in [-0.2, -0.15) is 0 Å². The highest BCUT2D eigenvalue weighted by Crippen LogP contribution is 2.21. The molecule has 2 N–H and O–H groups in total. The number of carbonyl (C=O) groups excluding carboxylic acids is 2. The van der Waals surface area contributed by atoms with E-state index in [9.17, 15) is 9.59 Å². The van der Waals surface area contributed by atoms with Crippen molar-refractivity contribution >= 4 is 23.2 Å². The van der Waals surface area contributed by atoms with Crippen LogP contribution in [0.5, 0.6) is 0 Å². The Labute approximate surface area is 219 Å². The van der Waals surface area contributed by atoms with Crippen molar-refractivity contribution in [2.75, 3.05) is 27.2 Å². The summed E-state index contributed by atoms with van der Waals surface area (Å²) in [5, 5.41) is 2.05. The van der Waals surface area contributed by atoms with Crippen molar-refractivity contribution in [3.05, 3.63) is 94.7 Å². The minimum Gasteiger partial charge on any atom is -0.345 e. The lowest BCUT2D eigenvalue weighted by atomic mass is 9.95. The van der Waals surface area contributed by atoms with Gasteiger partial charge in [0.1, 0.15) is 0 Å². The topological polar surface area (TPSA) is 66.6 Å². The third-order valence-corrected chi connectivity index (χ3v) is 7.12. The van der Waals surface area contributed by atoms with Crippen LogP contribution in [0.2, 0.25) is 0 Å². The molecule has 1 heterocycles. The van der Waals surface area contributed by atoms with Crippen LogP contribution < -0.4 is 5.73 Å². The average molecular weight is 504 g/mol. The van der Waals surface area contributed by atoms with E-state index in [4.69, 9.17) is 5.73 Å². The summed E-state index contributed by atoms with van der Waals surface area (Å²) in [4.78, 5) is 30.9. The number of benzene rings is 2. The average Bonchev–Trinajstić information content (AvgIpc) is 3.41. The second-order valence-electron chi connectivity index (χ2n) is 9.39. The molecule has 190 valence electrons. The summed E-state index contributed by atoms with van der Waals surface area (Å²) >= 11 is 1.70. The standard InChI is InChI=1S/C30H37N3O2S/c1-23(31)9-7-13-29(34)33(3)22-27(30(35)32(2)19-18-28-12-8-20-36-28)21-24-14-16-26(17-15-24)25-10-5-4-6-11-25/h4-8,10-17,20,23,27H,9,18-19,21-22,31H2,1-3H3/t23?,27-/m1/s1. The smallest absolute Gasteiger partial charge is 0.245 e. The third kappa shape index (κ3) is 8.47. The molecule has 5 nitrogen and oxygen atoms in total. The number of thiophene rings is 1. The maximum atomic E-state index is 13.5. The second-order valence-corrected chi connectivity index (χ2v) is 10.4. The van der Waals surface area contributed by atoms with Gasteiger partial charge in [0.05, 0.1) is 5.92 Å². The molecule has 0 aliphatic heterocycles. The van der Waals surface area contributed by atoms with Crippen molar-refractivity contribution in [3.63, 3.8) is 0 Å². The highest BCUT2D eigenvalue weighted by atomic mass is 32.1. The van der Waals surface area contributed by atoms with E-state index in [-0.39, 0.29) is 23.8 Å². The normalized spacial score (nSPS) is 12.9. The third-order valence-electron chi connectivity index (χ3n) is 6.18. The number of likely N-dealkylation sites (N-methyl/N-ethyl adjacent to an activating group) is 2. The molecule has 6 heteroatoms. The lowest BCUT2D eigenvalue weighted by Crippen LogP contribution is -2.42. The summed E-state index contributed by atoms with van der Waals surface area (Å²) in [6.07, 6.45) is 5.39. The molecule has 0 saturated carbocycles. The fraction of sp³-hybridized carbons (Fsp3) is 0.333. The zero-order valence-electron chi connectivity index (χ0n) is 21.5. The minimum atomic E-state index is -0.336. The number of rotatable bonds is 12. The first kappa shape index (κ1) is 27.4. The molecule has 2 aromatic carbocycles. The second kappa shape index (κ2) is 13.8. The summed E-state index contributed by atoms with van der Waals surface area (Å²) in [6, 6.07) is 22.7. The maximum absolute atomic E-state index is 13.5. The number of nitrogens with two attached hydrogens (primary N) is 1. The summed E-state index contributed by atoms with van der Waals surface area (Å²) in [5.41, 5.74) is 9.16. The zero-order chi connectivity index (χ0) is 25.9. The quantitative estimate of drug-likeness (QED) is 0.353. The van der Waals surface area contributed by atoms with Gasteiger partial charge in [0.25, 0.3) is 0 Å². The first-order chi connectivity index (χ1) is 17.3. The van der Waals surface area contributed by atoms with E-state index in [0.29, 0.717) is 25.9 Å². The van der Waals surface area contributed by atoms with Crippen molar-refractivity contribution in [1.29, 1.82) is 0 Å². The van der Waals surface area contributed by atoms with Gasteiger partial charge in [0, 0.05) is 38.1 Å². The molecule has 0 aliphatic carbocycles. The Hall–Kier alpha value is -3.22. The van der Waals surface area contributed by atoms with Crippen LogP contribution in [0.4, 0.5) is 0 Å². The minimum absolute atomic E-state index is 0.00420. The summed E-state index contributed by atoms with van der Waals surface area (Å²) in [7, 11) is 3.61. The van der Waals surface area contributed by atoms with Gasteiger partial charge in [-0.1, -0.05) is 66.7 Å². The maximum Gasteiger partial charge on any atom is 0.245 e. The lowest BCUT2D eigenvalue weighted by molar-refractivity contribution is -0.136. The van der Waals surface area contributed by atoms with Gasteiger partial charge >= 0.3 is 0 Å². The van der Waals surface area contributed by atoms with Crippen molar-refractivity contribution in [2.45, 2.75) is 32.2 Å². The molecule has 2 amide bonds. The van der Waals surface area contributed by atoms with Gasteiger partial charge in [0.15, 0.2) is 0 Å². The van der Waals surface area contributed by atoms with Crippen LogP contribution in [0.25, 0.3) is 11.1 Å². The Bertz CT molecular complexity index is 1110. The molecule has 1 unspecified atom stereocenters. The van der Waals surface area contributed by atoms with Crippen LogP contribution in [-0.2, 0) is 22.4 Å². The molecule has 2 atom stereocenters. The number of hydrogen-bond acceptors (Lipinski definition) is 4. The van der Waals surface area contributed by atoms with E-state index in [1.165, 1.54) is 4.88 Å². The molecule has 0 bridgehead atoms. The van der Waals surface area contributed by atoms with Crippen molar-refractivity contribution < 1.29 is 9.59 Å². The SMILES string of the molecule is CC(N)CC=CC(=O)N(C)C[C@@H](Cc1ccc(-c2ccccc2)cc1)C(=O)N(C)CCc1cccs1. The van der Waals surface area contributed by atoms with E-state index in [1.54, 1.807) is 40.3 Å². The van der Waals surface area contributed by atoms with Gasteiger partial charge < -0.3 is 15.5 Å². The fourth-order valence-corrected chi connectivity index (χ4v) is 4.76. The Morgan fingerprint density at radius 1 is 0.944 bits per heavy atom. The molecule has 3 rings (SSSR count). The van der Waals surface area contributed by atoms with E-state index in [1.807, 2.05) is 38.2 Å². The van der Waals surface area contributed by atoms with Crippen LogP contribution in [0.1, 0.15) is 23.8 Å². The zero-order valence-corrected chi connectivity index (χ0v) is 22.3. The highest BCUT2D eigenvalue weighted by Gasteiger charge is 2.25. The van der Waals surface area contributed by atoms with Crippen LogP contribution in [-0.4, -0.2) is 54.8 Å². The molecule has 0 spiro atoms. The van der Waals surface area contributed by atoms with Crippen molar-refractivity contribution in [3.8, 4) is 11.1 Å². The van der Waals surface area contributed by atoms with Crippen LogP contribution in [0.3, 0.4) is 0 Å². The molecule has 0 radical (unpaired) electrons. The van der Waals surface area contributed by atoms with E-state index in [2.05, 4.69) is 47.8 Å². The van der Waals surface area contributed by atoms with Gasteiger partial charge in [-0.05, 0) is 60.4 Å². The Morgan fingerprint density at radius 2 is 1.64 bits per heavy atom. The Morgan fingerprint density at radius 3 is 2.28 bits per heavy atom. The Balaban J connectivity index is 1.71. The van der Waals surface area contributed by atoms with Crippen molar-refractivity contribution in [2.24, 2.45) is 11.7 Å². The Kier molecular flexibility index (Phi) is 10.5. The number of carbonyl (C=O) groups is 2.